The third-order valence-electron chi connectivity index (χ3n) is 6.23. The highest BCUT2D eigenvalue weighted by molar-refractivity contribution is 8.04. The van der Waals surface area contributed by atoms with Gasteiger partial charge in [0.25, 0.3) is 5.91 Å². The maximum Gasteiger partial charge on any atom is 0.257 e. The van der Waals surface area contributed by atoms with Gasteiger partial charge in [0.15, 0.2) is 11.5 Å². The highest BCUT2D eigenvalue weighted by Gasteiger charge is 2.39. The van der Waals surface area contributed by atoms with Crippen LogP contribution in [-0.2, 0) is 16.0 Å². The Morgan fingerprint density at radius 1 is 1.12 bits per heavy atom. The van der Waals surface area contributed by atoms with Crippen LogP contribution in [0.25, 0.3) is 6.08 Å². The Labute approximate surface area is 199 Å². The van der Waals surface area contributed by atoms with E-state index in [9.17, 15) is 9.59 Å². The quantitative estimate of drug-likeness (QED) is 0.607. The summed E-state index contributed by atoms with van der Waals surface area (Å²) in [6.45, 7) is 0.560. The van der Waals surface area contributed by atoms with Gasteiger partial charge in [-0.2, -0.15) is 0 Å². The molecule has 2 N–H and O–H groups in total. The van der Waals surface area contributed by atoms with E-state index in [1.165, 1.54) is 0 Å². The van der Waals surface area contributed by atoms with Crippen molar-refractivity contribution in [3.63, 3.8) is 0 Å². The van der Waals surface area contributed by atoms with Crippen LogP contribution in [0.1, 0.15) is 30.4 Å². The zero-order valence-corrected chi connectivity index (χ0v) is 19.8. The topological polar surface area (TPSA) is 76.7 Å². The lowest BCUT2D eigenvalue weighted by atomic mass is 9.84. The van der Waals surface area contributed by atoms with E-state index in [1.807, 2.05) is 54.6 Å². The lowest BCUT2D eigenvalue weighted by Gasteiger charge is -2.39. The molecule has 1 saturated heterocycles. The molecule has 0 bridgehead atoms. The number of amides is 2. The third-order valence-corrected chi connectivity index (χ3v) is 7.66. The number of hydrogen-bond donors (Lipinski definition) is 2. The van der Waals surface area contributed by atoms with Crippen molar-refractivity contribution in [1.82, 2.24) is 10.6 Å². The second-order valence-electron chi connectivity index (χ2n) is 8.40. The predicted octanol–water partition coefficient (Wildman–Crippen LogP) is 3.80. The summed E-state index contributed by atoms with van der Waals surface area (Å²) in [4.78, 5) is 26.2. The molecule has 3 unspecified atom stereocenters. The predicted molar refractivity (Wildman–Crippen MR) is 131 cm³/mol. The van der Waals surface area contributed by atoms with Crippen LogP contribution >= 0.6 is 11.8 Å². The number of fused-ring (bicyclic) bond motifs is 1. The van der Waals surface area contributed by atoms with Gasteiger partial charge in [-0.25, -0.2) is 0 Å². The summed E-state index contributed by atoms with van der Waals surface area (Å²) in [5.74, 6) is 1.33. The number of hydrogen-bond acceptors (Lipinski definition) is 5. The number of benzene rings is 2. The molecule has 33 heavy (non-hydrogen) atoms. The second kappa shape index (κ2) is 10.8. The van der Waals surface area contributed by atoms with Crippen LogP contribution in [0, 0.1) is 5.92 Å². The minimum Gasteiger partial charge on any atom is -0.493 e. The van der Waals surface area contributed by atoms with Crippen molar-refractivity contribution in [3.8, 4) is 11.5 Å². The first-order valence-corrected chi connectivity index (χ1v) is 12.2. The number of nitrogens with one attached hydrogen (secondary N) is 2. The monoisotopic (exact) mass is 466 g/mol. The molecule has 7 heteroatoms. The summed E-state index contributed by atoms with van der Waals surface area (Å²) < 4.78 is 10.6. The first kappa shape index (κ1) is 23.2. The Hall–Kier alpha value is -2.93. The molecule has 1 saturated carbocycles. The van der Waals surface area contributed by atoms with Crippen molar-refractivity contribution < 1.29 is 19.1 Å². The summed E-state index contributed by atoms with van der Waals surface area (Å²) in [6.07, 6.45) is 5.10. The van der Waals surface area contributed by atoms with Crippen LogP contribution in [-0.4, -0.2) is 43.9 Å². The average Bonchev–Trinajstić information content (AvgIpc) is 2.84. The van der Waals surface area contributed by atoms with Crippen LogP contribution in [0.3, 0.4) is 0 Å². The van der Waals surface area contributed by atoms with Crippen molar-refractivity contribution in [2.24, 2.45) is 5.92 Å². The fourth-order valence-corrected chi connectivity index (χ4v) is 5.73. The molecule has 0 radical (unpaired) electrons. The van der Waals surface area contributed by atoms with E-state index in [1.54, 1.807) is 26.0 Å². The van der Waals surface area contributed by atoms with Crippen molar-refractivity contribution in [2.75, 3.05) is 20.8 Å². The average molecular weight is 467 g/mol. The van der Waals surface area contributed by atoms with Gasteiger partial charge in [0.2, 0.25) is 5.91 Å². The molecule has 2 amide bonds. The fraction of sp³-hybridized carbons (Fsp3) is 0.385. The van der Waals surface area contributed by atoms with Gasteiger partial charge >= 0.3 is 0 Å². The summed E-state index contributed by atoms with van der Waals surface area (Å²) >= 11 is 1.65. The van der Waals surface area contributed by atoms with Gasteiger partial charge in [0.1, 0.15) is 0 Å². The lowest BCUT2D eigenvalue weighted by Crippen LogP contribution is -2.51. The molecule has 2 fully saturated rings. The highest BCUT2D eigenvalue weighted by atomic mass is 32.2. The molecule has 0 spiro atoms. The molecule has 0 aromatic heterocycles. The maximum absolute atomic E-state index is 12.8. The number of methoxy groups -OCH3 is 2. The molecular weight excluding hydrogens is 436 g/mol. The van der Waals surface area contributed by atoms with Crippen molar-refractivity contribution >= 4 is 29.7 Å². The first-order chi connectivity index (χ1) is 16.1. The Balaban J connectivity index is 1.28. The van der Waals surface area contributed by atoms with Crippen LogP contribution < -0.4 is 20.1 Å². The molecule has 6 nitrogen and oxygen atoms in total. The van der Waals surface area contributed by atoms with Gasteiger partial charge in [-0.15, -0.1) is 11.8 Å². The zero-order chi connectivity index (χ0) is 23.2. The summed E-state index contributed by atoms with van der Waals surface area (Å²) in [5.41, 5.74) is 2.10. The summed E-state index contributed by atoms with van der Waals surface area (Å²) in [5, 5.41) is 6.53. The largest absolute Gasteiger partial charge is 0.493 e. The van der Waals surface area contributed by atoms with E-state index in [-0.39, 0.29) is 23.8 Å². The molecule has 2 aromatic carbocycles. The van der Waals surface area contributed by atoms with E-state index in [0.717, 1.165) is 28.9 Å². The van der Waals surface area contributed by atoms with E-state index in [0.29, 0.717) is 36.1 Å². The number of thioether (sulfide) groups is 1. The Morgan fingerprint density at radius 2 is 1.91 bits per heavy atom. The third kappa shape index (κ3) is 5.71. The van der Waals surface area contributed by atoms with Gasteiger partial charge in [-0.3, -0.25) is 9.59 Å². The molecule has 4 rings (SSSR count). The SMILES string of the molecule is COc1ccc(CCNC(=O)C2CCC3S/C(=C\c4ccccc4)C(=O)NC3C2)cc1OC. The fourth-order valence-electron chi connectivity index (χ4n) is 4.44. The van der Waals surface area contributed by atoms with E-state index < -0.39 is 0 Å². The van der Waals surface area contributed by atoms with Crippen LogP contribution in [0.15, 0.2) is 53.4 Å². The van der Waals surface area contributed by atoms with E-state index >= 15 is 0 Å². The highest BCUT2D eigenvalue weighted by Crippen LogP contribution is 2.40. The van der Waals surface area contributed by atoms with Gasteiger partial charge in [-0.1, -0.05) is 36.4 Å². The number of ether oxygens (including phenoxy) is 2. The normalized spacial score (nSPS) is 23.4. The standard InChI is InChI=1S/C26H30N2O4S/c1-31-21-10-8-18(14-22(21)32-2)12-13-27-25(29)19-9-11-23-20(16-19)28-26(30)24(33-23)15-17-6-4-3-5-7-17/h3-8,10,14-15,19-20,23H,9,11-13,16H2,1-2H3,(H,27,29)(H,28,30)/b24-15-. The lowest BCUT2D eigenvalue weighted by molar-refractivity contribution is -0.127. The van der Waals surface area contributed by atoms with Gasteiger partial charge < -0.3 is 20.1 Å². The van der Waals surface area contributed by atoms with Crippen molar-refractivity contribution in [2.45, 2.75) is 37.0 Å². The molecule has 1 heterocycles. The molecule has 174 valence electrons. The van der Waals surface area contributed by atoms with Crippen LogP contribution in [0.5, 0.6) is 11.5 Å². The molecular formula is C26H30N2O4S. The molecule has 1 aliphatic heterocycles. The van der Waals surface area contributed by atoms with E-state index in [4.69, 9.17) is 9.47 Å². The molecule has 1 aliphatic carbocycles. The smallest absolute Gasteiger partial charge is 0.257 e. The molecule has 2 aliphatic rings. The summed E-state index contributed by atoms with van der Waals surface area (Å²) in [6, 6.07) is 15.7. The maximum atomic E-state index is 12.8. The van der Waals surface area contributed by atoms with Gasteiger partial charge in [0, 0.05) is 23.8 Å². The minimum atomic E-state index is -0.0720. The van der Waals surface area contributed by atoms with Crippen LogP contribution in [0.2, 0.25) is 0 Å². The number of rotatable bonds is 7. The second-order valence-corrected chi connectivity index (χ2v) is 9.68. The van der Waals surface area contributed by atoms with Gasteiger partial charge in [-0.05, 0) is 55.0 Å². The van der Waals surface area contributed by atoms with E-state index in [2.05, 4.69) is 10.6 Å². The van der Waals surface area contributed by atoms with Crippen molar-refractivity contribution in [1.29, 1.82) is 0 Å². The van der Waals surface area contributed by atoms with Gasteiger partial charge in [0.05, 0.1) is 19.1 Å². The Bertz CT molecular complexity index is 1020. The number of carbonyl (C=O) groups excluding carboxylic acids is 2. The van der Waals surface area contributed by atoms with Crippen molar-refractivity contribution in [3.05, 3.63) is 64.6 Å². The zero-order valence-electron chi connectivity index (χ0n) is 19.0. The Morgan fingerprint density at radius 3 is 2.67 bits per heavy atom. The molecule has 2 aromatic rings. The summed E-state index contributed by atoms with van der Waals surface area (Å²) in [7, 11) is 3.22. The molecule has 3 atom stereocenters. The van der Waals surface area contributed by atoms with Crippen LogP contribution in [0.4, 0.5) is 0 Å². The minimum absolute atomic E-state index is 0.0331. The number of carbonyl (C=O) groups is 2. The Kier molecular flexibility index (Phi) is 7.60. The first-order valence-electron chi connectivity index (χ1n) is 11.3.